The molecule has 0 saturated heterocycles. The maximum atomic E-state index is 8.95. The van der Waals surface area contributed by atoms with Gasteiger partial charge in [-0.3, -0.25) is 0 Å². The Labute approximate surface area is 90.4 Å². The SMILES string of the molecule is CCC=CC=CC=CC=CC(O)(O)CO. The highest BCUT2D eigenvalue weighted by Crippen LogP contribution is 1.99. The largest absolute Gasteiger partial charge is 0.390 e. The predicted octanol–water partition coefficient (Wildman–Crippen LogP) is 1.29. The number of aliphatic hydroxyl groups is 3. The van der Waals surface area contributed by atoms with E-state index in [1.165, 1.54) is 6.08 Å². The van der Waals surface area contributed by atoms with Crippen LogP contribution in [0.2, 0.25) is 0 Å². The first-order chi connectivity index (χ1) is 7.12. The Kier molecular flexibility index (Phi) is 7.54. The van der Waals surface area contributed by atoms with E-state index in [4.69, 9.17) is 15.3 Å². The molecule has 0 aromatic heterocycles. The number of aliphatic hydroxyl groups excluding tert-OH is 1. The second kappa shape index (κ2) is 8.17. The average Bonchev–Trinajstić information content (AvgIpc) is 2.22. The molecule has 0 atom stereocenters. The Balaban J connectivity index is 3.90. The molecule has 0 unspecified atom stereocenters. The van der Waals surface area contributed by atoms with Crippen LogP contribution in [0.1, 0.15) is 13.3 Å². The average molecular weight is 210 g/mol. The molecule has 0 radical (unpaired) electrons. The molecule has 0 aliphatic carbocycles. The molecular weight excluding hydrogens is 192 g/mol. The lowest BCUT2D eigenvalue weighted by Gasteiger charge is -2.11. The predicted molar refractivity (Wildman–Crippen MR) is 61.1 cm³/mol. The molecule has 0 spiro atoms. The Morgan fingerprint density at radius 1 is 0.933 bits per heavy atom. The van der Waals surface area contributed by atoms with Gasteiger partial charge in [-0.05, 0) is 12.5 Å². The summed E-state index contributed by atoms with van der Waals surface area (Å²) in [5.74, 6) is -2.13. The summed E-state index contributed by atoms with van der Waals surface area (Å²) in [6.07, 6.45) is 14.6. The van der Waals surface area contributed by atoms with Gasteiger partial charge in [0.05, 0.1) is 0 Å². The molecule has 0 fully saturated rings. The van der Waals surface area contributed by atoms with Crippen LogP contribution in [0, 0.1) is 0 Å². The standard InChI is InChI=1S/C12H18O3/c1-2-3-4-5-6-7-8-9-10-12(14,15)11-13/h3-10,13-15H,2,11H2,1H3. The maximum absolute atomic E-state index is 8.95. The zero-order chi connectivity index (χ0) is 11.6. The molecule has 0 aromatic carbocycles. The summed E-state index contributed by atoms with van der Waals surface area (Å²) < 4.78 is 0. The van der Waals surface area contributed by atoms with Gasteiger partial charge in [0.1, 0.15) is 6.61 Å². The monoisotopic (exact) mass is 210 g/mol. The van der Waals surface area contributed by atoms with Crippen molar-refractivity contribution in [3.63, 3.8) is 0 Å². The first kappa shape index (κ1) is 13.8. The third-order valence-corrected chi connectivity index (χ3v) is 1.52. The normalized spacial score (nSPS) is 14.1. The van der Waals surface area contributed by atoms with Gasteiger partial charge >= 0.3 is 0 Å². The number of rotatable bonds is 6. The van der Waals surface area contributed by atoms with Gasteiger partial charge in [0, 0.05) is 0 Å². The summed E-state index contributed by atoms with van der Waals surface area (Å²) in [5.41, 5.74) is 0. The molecule has 0 saturated carbocycles. The highest BCUT2D eigenvalue weighted by Gasteiger charge is 2.15. The van der Waals surface area contributed by atoms with Gasteiger partial charge in [0.2, 0.25) is 5.79 Å². The van der Waals surface area contributed by atoms with E-state index < -0.39 is 12.4 Å². The molecule has 0 aliphatic rings. The third kappa shape index (κ3) is 9.15. The summed E-state index contributed by atoms with van der Waals surface area (Å²) in [7, 11) is 0. The molecular formula is C12H18O3. The zero-order valence-corrected chi connectivity index (χ0v) is 8.87. The smallest absolute Gasteiger partial charge is 0.207 e. The minimum atomic E-state index is -2.13. The van der Waals surface area contributed by atoms with Crippen molar-refractivity contribution in [3.05, 3.63) is 48.6 Å². The van der Waals surface area contributed by atoms with Crippen LogP contribution in [-0.4, -0.2) is 27.7 Å². The Bertz CT molecular complexity index is 260. The van der Waals surface area contributed by atoms with E-state index in [9.17, 15) is 0 Å². The third-order valence-electron chi connectivity index (χ3n) is 1.52. The van der Waals surface area contributed by atoms with Crippen LogP contribution < -0.4 is 0 Å². The Hall–Kier alpha value is -1.16. The molecule has 3 N–H and O–H groups in total. The van der Waals surface area contributed by atoms with Crippen LogP contribution in [0.25, 0.3) is 0 Å². The highest BCUT2D eigenvalue weighted by atomic mass is 16.5. The topological polar surface area (TPSA) is 60.7 Å². The lowest BCUT2D eigenvalue weighted by molar-refractivity contribution is -0.146. The lowest BCUT2D eigenvalue weighted by Crippen LogP contribution is -2.29. The summed E-state index contributed by atoms with van der Waals surface area (Å²) >= 11 is 0. The molecule has 0 aliphatic heterocycles. The minimum Gasteiger partial charge on any atom is -0.390 e. The van der Waals surface area contributed by atoms with Crippen molar-refractivity contribution in [3.8, 4) is 0 Å². The van der Waals surface area contributed by atoms with Crippen LogP contribution in [0.4, 0.5) is 0 Å². The molecule has 3 nitrogen and oxygen atoms in total. The van der Waals surface area contributed by atoms with Gasteiger partial charge in [-0.25, -0.2) is 0 Å². The summed E-state index contributed by atoms with van der Waals surface area (Å²) in [6.45, 7) is 1.34. The second-order valence-electron chi connectivity index (χ2n) is 3.00. The minimum absolute atomic E-state index is 0.716. The number of allylic oxidation sites excluding steroid dienone is 7. The van der Waals surface area contributed by atoms with Gasteiger partial charge in [-0.15, -0.1) is 0 Å². The van der Waals surface area contributed by atoms with Crippen molar-refractivity contribution in [1.29, 1.82) is 0 Å². The lowest BCUT2D eigenvalue weighted by atomic mass is 10.2. The van der Waals surface area contributed by atoms with Crippen molar-refractivity contribution in [1.82, 2.24) is 0 Å². The van der Waals surface area contributed by atoms with Crippen molar-refractivity contribution in [2.24, 2.45) is 0 Å². The fourth-order valence-corrected chi connectivity index (χ4v) is 0.734. The fraction of sp³-hybridized carbons (Fsp3) is 0.333. The van der Waals surface area contributed by atoms with Crippen molar-refractivity contribution < 1.29 is 15.3 Å². The van der Waals surface area contributed by atoms with Crippen molar-refractivity contribution in [2.75, 3.05) is 6.61 Å². The van der Waals surface area contributed by atoms with Gasteiger partial charge in [-0.1, -0.05) is 49.5 Å². The molecule has 3 heteroatoms. The summed E-state index contributed by atoms with van der Waals surface area (Å²) in [6, 6.07) is 0. The van der Waals surface area contributed by atoms with Crippen LogP contribution >= 0.6 is 0 Å². The van der Waals surface area contributed by atoms with Gasteiger partial charge < -0.3 is 15.3 Å². The van der Waals surface area contributed by atoms with E-state index in [1.54, 1.807) is 12.2 Å². The summed E-state index contributed by atoms with van der Waals surface area (Å²) in [5, 5.41) is 26.4. The first-order valence-corrected chi connectivity index (χ1v) is 4.85. The fourth-order valence-electron chi connectivity index (χ4n) is 0.734. The van der Waals surface area contributed by atoms with Gasteiger partial charge in [0.15, 0.2) is 0 Å². The quantitative estimate of drug-likeness (QED) is 0.457. The molecule has 0 aromatic rings. The van der Waals surface area contributed by atoms with Crippen LogP contribution in [-0.2, 0) is 0 Å². The van der Waals surface area contributed by atoms with Gasteiger partial charge in [-0.2, -0.15) is 0 Å². The zero-order valence-electron chi connectivity index (χ0n) is 8.87. The van der Waals surface area contributed by atoms with Crippen LogP contribution in [0.3, 0.4) is 0 Å². The highest BCUT2D eigenvalue weighted by molar-refractivity contribution is 5.16. The number of hydrogen-bond donors (Lipinski definition) is 3. The Morgan fingerprint density at radius 3 is 2.00 bits per heavy atom. The van der Waals surface area contributed by atoms with Crippen molar-refractivity contribution in [2.45, 2.75) is 19.1 Å². The molecule has 15 heavy (non-hydrogen) atoms. The maximum Gasteiger partial charge on any atom is 0.207 e. The van der Waals surface area contributed by atoms with E-state index in [-0.39, 0.29) is 0 Å². The van der Waals surface area contributed by atoms with E-state index in [0.29, 0.717) is 0 Å². The molecule has 0 rings (SSSR count). The second-order valence-corrected chi connectivity index (χ2v) is 3.00. The Morgan fingerprint density at radius 2 is 1.47 bits per heavy atom. The number of hydrogen-bond acceptors (Lipinski definition) is 3. The van der Waals surface area contributed by atoms with E-state index in [0.717, 1.165) is 12.5 Å². The molecule has 0 bridgehead atoms. The van der Waals surface area contributed by atoms with Crippen LogP contribution in [0.5, 0.6) is 0 Å². The molecule has 84 valence electrons. The first-order valence-electron chi connectivity index (χ1n) is 4.85. The van der Waals surface area contributed by atoms with Gasteiger partial charge in [0.25, 0.3) is 0 Å². The molecule has 0 amide bonds. The van der Waals surface area contributed by atoms with E-state index >= 15 is 0 Å². The van der Waals surface area contributed by atoms with E-state index in [1.807, 2.05) is 24.3 Å². The van der Waals surface area contributed by atoms with Crippen LogP contribution in [0.15, 0.2) is 48.6 Å². The summed E-state index contributed by atoms with van der Waals surface area (Å²) in [4.78, 5) is 0. The van der Waals surface area contributed by atoms with E-state index in [2.05, 4.69) is 6.92 Å². The van der Waals surface area contributed by atoms with Crippen molar-refractivity contribution >= 4 is 0 Å². The molecule has 0 heterocycles.